The molecule has 1 saturated heterocycles. The fraction of sp³-hybridized carbons (Fsp3) is 0.423. The molecule has 0 saturated carbocycles. The Hall–Kier alpha value is -2.24. The number of aryl methyl sites for hydroxylation is 1. The quantitative estimate of drug-likeness (QED) is 0.341. The van der Waals surface area contributed by atoms with Gasteiger partial charge in [-0.25, -0.2) is 13.1 Å². The van der Waals surface area contributed by atoms with Gasteiger partial charge in [0.2, 0.25) is 10.0 Å². The van der Waals surface area contributed by atoms with Gasteiger partial charge in [0.05, 0.1) is 16.3 Å². The normalized spacial score (nSPS) is 15.1. The van der Waals surface area contributed by atoms with Crippen molar-refractivity contribution in [2.75, 3.05) is 58.4 Å². The van der Waals surface area contributed by atoms with E-state index in [2.05, 4.69) is 32.8 Å². The Morgan fingerprint density at radius 1 is 1.03 bits per heavy atom. The van der Waals surface area contributed by atoms with E-state index in [4.69, 9.17) is 9.84 Å². The number of methoxy groups -OCH3 is 1. The summed E-state index contributed by atoms with van der Waals surface area (Å²) in [6.07, 6.45) is 0.599. The van der Waals surface area contributed by atoms with E-state index in [0.29, 0.717) is 19.6 Å². The van der Waals surface area contributed by atoms with E-state index < -0.39 is 10.0 Å². The molecule has 1 aliphatic heterocycles. The number of nitrogens with zero attached hydrogens (tertiary/aromatic N) is 5. The highest BCUT2D eigenvalue weighted by Crippen LogP contribution is 2.31. The Bertz CT molecular complexity index is 1240. The van der Waals surface area contributed by atoms with Crippen LogP contribution in [-0.2, 0) is 21.3 Å². The number of aromatic nitrogens is 2. The largest absolute Gasteiger partial charge is 0.385 e. The highest BCUT2D eigenvalue weighted by Gasteiger charge is 2.30. The third kappa shape index (κ3) is 6.00. The third-order valence-corrected chi connectivity index (χ3v) is 8.89. The van der Waals surface area contributed by atoms with E-state index >= 15 is 0 Å². The summed E-state index contributed by atoms with van der Waals surface area (Å²) in [5, 5.41) is 4.90. The zero-order chi connectivity index (χ0) is 25.7. The molecular weight excluding hydrogens is 542 g/mol. The number of ether oxygens (including phenoxy) is 1. The van der Waals surface area contributed by atoms with Crippen molar-refractivity contribution in [2.24, 2.45) is 0 Å². The molecule has 3 aromatic rings. The smallest absolute Gasteiger partial charge is 0.243 e. The van der Waals surface area contributed by atoms with E-state index in [-0.39, 0.29) is 11.4 Å². The van der Waals surface area contributed by atoms with E-state index in [0.717, 1.165) is 53.4 Å². The molecule has 2 heterocycles. The average Bonchev–Trinajstić information content (AvgIpc) is 3.20. The van der Waals surface area contributed by atoms with Crippen molar-refractivity contribution in [3.8, 4) is 5.69 Å². The maximum atomic E-state index is 13.8. The molecular formula is C26H34BrN5O3S. The highest BCUT2D eigenvalue weighted by molar-refractivity contribution is 9.10. The van der Waals surface area contributed by atoms with Crippen LogP contribution >= 0.6 is 15.9 Å². The molecule has 1 fully saturated rings. The van der Waals surface area contributed by atoms with Crippen LogP contribution in [-0.4, -0.2) is 80.9 Å². The number of likely N-dealkylation sites (N-methyl/N-ethyl adjacent to an activating group) is 1. The number of anilines is 1. The number of hydrogen-bond acceptors (Lipinski definition) is 6. The van der Waals surface area contributed by atoms with Gasteiger partial charge in [-0.05, 0) is 56.8 Å². The van der Waals surface area contributed by atoms with Crippen LogP contribution in [0.25, 0.3) is 5.69 Å². The minimum atomic E-state index is -3.73. The molecule has 4 rings (SSSR count). The van der Waals surface area contributed by atoms with Gasteiger partial charge in [-0.1, -0.05) is 34.1 Å². The standard InChI is InChI=1S/C26H34BrN5O3S/c1-21-25(20-31(14-7-19-35-3)36(33,34)24-12-10-22(27)11-13-24)26(30-17-15-29(2)16-18-30)32(28-21)23-8-5-4-6-9-23/h4-6,8-13H,7,14-20H2,1-3H3. The van der Waals surface area contributed by atoms with Gasteiger partial charge < -0.3 is 14.5 Å². The molecule has 0 radical (unpaired) electrons. The molecule has 1 aliphatic rings. The number of hydrogen-bond donors (Lipinski definition) is 0. The summed E-state index contributed by atoms with van der Waals surface area (Å²) in [6, 6.07) is 16.8. The molecule has 8 nitrogen and oxygen atoms in total. The number of rotatable bonds is 10. The van der Waals surface area contributed by atoms with Crippen molar-refractivity contribution in [2.45, 2.75) is 24.8 Å². The maximum absolute atomic E-state index is 13.8. The molecule has 0 amide bonds. The SMILES string of the molecule is COCCCN(Cc1c(C)nn(-c2ccccc2)c1N1CCN(C)CC1)S(=O)(=O)c1ccc(Br)cc1. The first-order valence-electron chi connectivity index (χ1n) is 12.1. The lowest BCUT2D eigenvalue weighted by Crippen LogP contribution is -2.45. The molecule has 0 atom stereocenters. The van der Waals surface area contributed by atoms with Gasteiger partial charge in [0.1, 0.15) is 5.82 Å². The molecule has 0 N–H and O–H groups in total. The van der Waals surface area contributed by atoms with E-state index in [9.17, 15) is 8.42 Å². The zero-order valence-electron chi connectivity index (χ0n) is 21.1. The summed E-state index contributed by atoms with van der Waals surface area (Å²) in [5.41, 5.74) is 2.72. The van der Waals surface area contributed by atoms with Crippen molar-refractivity contribution < 1.29 is 13.2 Å². The van der Waals surface area contributed by atoms with Crippen molar-refractivity contribution in [1.82, 2.24) is 19.0 Å². The van der Waals surface area contributed by atoms with Crippen LogP contribution in [0.1, 0.15) is 17.7 Å². The molecule has 2 aromatic carbocycles. The number of piperazine rings is 1. The van der Waals surface area contributed by atoms with Gasteiger partial charge in [0.15, 0.2) is 0 Å². The summed E-state index contributed by atoms with van der Waals surface area (Å²) in [7, 11) is 0.0256. The van der Waals surface area contributed by atoms with Crippen LogP contribution in [0, 0.1) is 6.92 Å². The van der Waals surface area contributed by atoms with Crippen LogP contribution in [0.15, 0.2) is 64.0 Å². The van der Waals surface area contributed by atoms with Gasteiger partial charge in [0.25, 0.3) is 0 Å². The van der Waals surface area contributed by atoms with E-state index in [1.807, 2.05) is 41.9 Å². The number of sulfonamides is 1. The zero-order valence-corrected chi connectivity index (χ0v) is 23.5. The van der Waals surface area contributed by atoms with Gasteiger partial charge in [-0.15, -0.1) is 0 Å². The highest BCUT2D eigenvalue weighted by atomic mass is 79.9. The molecule has 0 unspecified atom stereocenters. The molecule has 36 heavy (non-hydrogen) atoms. The van der Waals surface area contributed by atoms with Gasteiger partial charge >= 0.3 is 0 Å². The van der Waals surface area contributed by atoms with Crippen LogP contribution in [0.4, 0.5) is 5.82 Å². The summed E-state index contributed by atoms with van der Waals surface area (Å²) in [5.74, 6) is 0.967. The first-order valence-corrected chi connectivity index (χ1v) is 14.4. The lowest BCUT2D eigenvalue weighted by molar-refractivity contribution is 0.186. The van der Waals surface area contributed by atoms with Gasteiger partial charge in [0, 0.05) is 63.0 Å². The number of para-hydroxylation sites is 1. The summed E-state index contributed by atoms with van der Waals surface area (Å²) in [4.78, 5) is 4.92. The van der Waals surface area contributed by atoms with Gasteiger partial charge in [-0.2, -0.15) is 9.40 Å². The second-order valence-corrected chi connectivity index (χ2v) is 11.9. The summed E-state index contributed by atoms with van der Waals surface area (Å²) < 4.78 is 37.2. The maximum Gasteiger partial charge on any atom is 0.243 e. The number of benzene rings is 2. The Morgan fingerprint density at radius 3 is 2.33 bits per heavy atom. The molecule has 10 heteroatoms. The molecule has 0 aliphatic carbocycles. The van der Waals surface area contributed by atoms with Crippen LogP contribution in [0.5, 0.6) is 0 Å². The molecule has 194 valence electrons. The second-order valence-electron chi connectivity index (χ2n) is 9.06. The Balaban J connectivity index is 1.76. The van der Waals surface area contributed by atoms with Crippen LogP contribution in [0.2, 0.25) is 0 Å². The first kappa shape index (κ1) is 26.8. The topological polar surface area (TPSA) is 70.9 Å². The van der Waals surface area contributed by atoms with Crippen LogP contribution < -0.4 is 4.90 Å². The van der Waals surface area contributed by atoms with Crippen LogP contribution in [0.3, 0.4) is 0 Å². The molecule has 0 bridgehead atoms. The Kier molecular flexibility index (Phi) is 8.84. The lowest BCUT2D eigenvalue weighted by Gasteiger charge is -2.35. The fourth-order valence-corrected chi connectivity index (χ4v) is 6.14. The van der Waals surface area contributed by atoms with Gasteiger partial charge in [-0.3, -0.25) is 0 Å². The second kappa shape index (κ2) is 11.9. The third-order valence-electron chi connectivity index (χ3n) is 6.50. The van der Waals surface area contributed by atoms with E-state index in [1.54, 1.807) is 35.7 Å². The monoisotopic (exact) mass is 575 g/mol. The fourth-order valence-electron chi connectivity index (χ4n) is 4.43. The summed E-state index contributed by atoms with van der Waals surface area (Å²) >= 11 is 3.40. The minimum absolute atomic E-state index is 0.239. The minimum Gasteiger partial charge on any atom is -0.385 e. The first-order chi connectivity index (χ1) is 17.3. The predicted molar refractivity (Wildman–Crippen MR) is 146 cm³/mol. The van der Waals surface area contributed by atoms with Crippen molar-refractivity contribution in [1.29, 1.82) is 0 Å². The number of halogens is 1. The van der Waals surface area contributed by atoms with Crippen molar-refractivity contribution >= 4 is 31.8 Å². The predicted octanol–water partition coefficient (Wildman–Crippen LogP) is 3.92. The Morgan fingerprint density at radius 2 is 1.69 bits per heavy atom. The Labute approximate surface area is 222 Å². The summed E-state index contributed by atoms with van der Waals surface area (Å²) in [6.45, 7) is 6.62. The van der Waals surface area contributed by atoms with Crippen molar-refractivity contribution in [3.63, 3.8) is 0 Å². The lowest BCUT2D eigenvalue weighted by atomic mass is 10.2. The molecule has 0 spiro atoms. The van der Waals surface area contributed by atoms with Crippen molar-refractivity contribution in [3.05, 3.63) is 70.3 Å². The molecule has 1 aromatic heterocycles. The average molecular weight is 577 g/mol. The van der Waals surface area contributed by atoms with E-state index in [1.165, 1.54) is 0 Å².